The third-order valence-electron chi connectivity index (χ3n) is 7.27. The van der Waals surface area contributed by atoms with Gasteiger partial charge >= 0.3 is 0 Å². The van der Waals surface area contributed by atoms with Crippen molar-refractivity contribution < 1.29 is 22.7 Å². The maximum Gasteiger partial charge on any atom is 0.234 e. The highest BCUT2D eigenvalue weighted by Crippen LogP contribution is 2.69. The number of amidine groups is 1. The number of nitrogens with one attached hydrogen (secondary N) is 1. The van der Waals surface area contributed by atoms with Crippen molar-refractivity contribution in [3.63, 3.8) is 0 Å². The monoisotopic (exact) mass is 552 g/mol. The Labute approximate surface area is 224 Å². The van der Waals surface area contributed by atoms with Crippen molar-refractivity contribution in [2.24, 2.45) is 28.3 Å². The average molecular weight is 553 g/mol. The number of aromatic nitrogens is 4. The van der Waals surface area contributed by atoms with Crippen molar-refractivity contribution in [2.45, 2.75) is 30.7 Å². The molecule has 14 heteroatoms. The Morgan fingerprint density at radius 1 is 1.23 bits per heavy atom. The summed E-state index contributed by atoms with van der Waals surface area (Å²) >= 11 is 1.08. The van der Waals surface area contributed by atoms with E-state index in [-0.39, 0.29) is 34.8 Å². The summed E-state index contributed by atoms with van der Waals surface area (Å²) in [5, 5.41) is 3.09. The number of nitrogens with two attached hydrogens (primary N) is 2. The lowest BCUT2D eigenvalue weighted by Gasteiger charge is -2.33. The van der Waals surface area contributed by atoms with Crippen molar-refractivity contribution in [1.82, 2.24) is 19.9 Å². The lowest BCUT2D eigenvalue weighted by Crippen LogP contribution is -2.42. The van der Waals surface area contributed by atoms with E-state index in [1.165, 1.54) is 31.1 Å². The molecule has 0 spiro atoms. The summed E-state index contributed by atoms with van der Waals surface area (Å²) in [5.41, 5.74) is 11.4. The molecular formula is C25H22F2N8O3S. The van der Waals surface area contributed by atoms with E-state index >= 15 is 4.39 Å². The van der Waals surface area contributed by atoms with Crippen LogP contribution in [0.2, 0.25) is 0 Å². The van der Waals surface area contributed by atoms with Gasteiger partial charge in [0.2, 0.25) is 11.8 Å². The first-order valence-corrected chi connectivity index (χ1v) is 12.7. The third kappa shape index (κ3) is 3.93. The standard InChI is InChI=1S/C25H22F2N8O3S/c1-11-20-24(2,35-23(29)39-25(11,20)22(28)36)14-5-12(6-15(26)18(14)27)34-21-19-16(32-10-33-21)7-13(8-31-19)38-9-17-30-3-4-37-17/h3-8,10-11,20H,9H2,1-2H3,(H2,28,36)(H2,29,35)(H,32,33,34)/t11-,20?,24+,25-/m0/s1. The number of anilines is 2. The van der Waals surface area contributed by atoms with Crippen LogP contribution >= 0.6 is 11.8 Å². The Bertz CT molecular complexity index is 1650. The Morgan fingerprint density at radius 3 is 2.79 bits per heavy atom. The molecule has 2 aliphatic rings. The van der Waals surface area contributed by atoms with E-state index in [1.807, 2.05) is 6.92 Å². The normalized spacial score (nSPS) is 25.6. The predicted molar refractivity (Wildman–Crippen MR) is 139 cm³/mol. The average Bonchev–Trinajstić information content (AvgIpc) is 3.23. The number of oxazole rings is 1. The summed E-state index contributed by atoms with van der Waals surface area (Å²) in [7, 11) is 0. The van der Waals surface area contributed by atoms with Gasteiger partial charge in [0.15, 0.2) is 29.2 Å². The van der Waals surface area contributed by atoms with Crippen molar-refractivity contribution in [2.75, 3.05) is 5.32 Å². The van der Waals surface area contributed by atoms with Crippen LogP contribution < -0.4 is 21.5 Å². The summed E-state index contributed by atoms with van der Waals surface area (Å²) in [6.07, 6.45) is 5.75. The number of ether oxygens (including phenoxy) is 1. The fourth-order valence-electron chi connectivity index (χ4n) is 5.47. The molecule has 6 rings (SSSR count). The molecule has 1 aliphatic heterocycles. The number of thioether (sulfide) groups is 1. The second kappa shape index (κ2) is 8.86. The Balaban J connectivity index is 1.34. The summed E-state index contributed by atoms with van der Waals surface area (Å²) in [5.74, 6) is -2.38. The van der Waals surface area contributed by atoms with Gasteiger partial charge < -0.3 is 25.9 Å². The molecule has 4 aromatic rings. The molecule has 0 saturated heterocycles. The van der Waals surface area contributed by atoms with Crippen LogP contribution in [0.3, 0.4) is 0 Å². The number of hydrogen-bond donors (Lipinski definition) is 3. The minimum absolute atomic E-state index is 0.0539. The van der Waals surface area contributed by atoms with E-state index in [1.54, 1.807) is 13.0 Å². The second-order valence-corrected chi connectivity index (χ2v) is 10.8. The van der Waals surface area contributed by atoms with Crippen LogP contribution in [0.4, 0.5) is 20.3 Å². The number of carbonyl (C=O) groups is 1. The van der Waals surface area contributed by atoms with E-state index in [0.717, 1.165) is 17.8 Å². The molecule has 1 unspecified atom stereocenters. The van der Waals surface area contributed by atoms with Crippen molar-refractivity contribution in [3.05, 3.63) is 66.3 Å². The SMILES string of the molecule is C[C@H]1C2[C@@]1(C(N)=O)SC(N)=N[C@]2(C)c1cc(Nc2ncnc3cc(OCc4ncco4)cnc23)cc(F)c1F. The summed E-state index contributed by atoms with van der Waals surface area (Å²) in [4.78, 5) is 33.7. The number of nitrogens with zero attached hydrogens (tertiary/aromatic N) is 5. The highest BCUT2D eigenvalue weighted by Gasteiger charge is 2.75. The molecule has 1 fully saturated rings. The van der Waals surface area contributed by atoms with Crippen LogP contribution in [0.1, 0.15) is 25.3 Å². The quantitative estimate of drug-likeness (QED) is 0.309. The minimum Gasteiger partial charge on any atom is -0.482 e. The van der Waals surface area contributed by atoms with E-state index in [2.05, 4.69) is 30.2 Å². The smallest absolute Gasteiger partial charge is 0.234 e. The van der Waals surface area contributed by atoms with Crippen LogP contribution in [-0.4, -0.2) is 35.8 Å². The molecule has 1 saturated carbocycles. The number of fused-ring (bicyclic) bond motifs is 2. The molecule has 1 aromatic carbocycles. The fourth-order valence-corrected chi connectivity index (χ4v) is 6.97. The van der Waals surface area contributed by atoms with Crippen molar-refractivity contribution in [1.29, 1.82) is 0 Å². The zero-order valence-corrected chi connectivity index (χ0v) is 21.5. The van der Waals surface area contributed by atoms with Gasteiger partial charge in [-0.15, -0.1) is 0 Å². The first-order chi connectivity index (χ1) is 18.6. The van der Waals surface area contributed by atoms with Gasteiger partial charge in [-0.25, -0.2) is 28.7 Å². The largest absolute Gasteiger partial charge is 0.482 e. The number of rotatable bonds is 7. The van der Waals surface area contributed by atoms with Crippen molar-refractivity contribution >= 4 is 45.4 Å². The van der Waals surface area contributed by atoms with Gasteiger partial charge in [-0.05, 0) is 18.9 Å². The number of primary amides is 1. The van der Waals surface area contributed by atoms with Crippen LogP contribution in [0.25, 0.3) is 11.0 Å². The van der Waals surface area contributed by atoms with E-state index in [0.29, 0.717) is 22.7 Å². The van der Waals surface area contributed by atoms with Gasteiger partial charge in [-0.1, -0.05) is 18.7 Å². The topological polar surface area (TPSA) is 167 Å². The molecule has 0 radical (unpaired) electrons. The molecule has 4 heterocycles. The van der Waals surface area contributed by atoms with E-state index < -0.39 is 33.7 Å². The Morgan fingerprint density at radius 2 is 2.05 bits per heavy atom. The molecule has 200 valence electrons. The number of halogens is 2. The molecule has 5 N–H and O–H groups in total. The number of pyridine rings is 1. The first kappa shape index (κ1) is 25.0. The van der Waals surface area contributed by atoms with Gasteiger partial charge in [-0.3, -0.25) is 9.79 Å². The van der Waals surface area contributed by atoms with Crippen molar-refractivity contribution in [3.8, 4) is 5.75 Å². The number of aliphatic imine (C=N–C) groups is 1. The van der Waals surface area contributed by atoms with Gasteiger partial charge in [0.05, 0.1) is 23.4 Å². The van der Waals surface area contributed by atoms with Gasteiger partial charge in [0.1, 0.15) is 28.6 Å². The molecule has 4 atom stereocenters. The van der Waals surface area contributed by atoms with Crippen LogP contribution in [0, 0.1) is 23.5 Å². The lowest BCUT2D eigenvalue weighted by atomic mass is 9.84. The molecule has 1 amide bonds. The first-order valence-electron chi connectivity index (χ1n) is 11.9. The summed E-state index contributed by atoms with van der Waals surface area (Å²) < 4.78 is 40.0. The van der Waals surface area contributed by atoms with Gasteiger partial charge in [-0.2, -0.15) is 0 Å². The molecule has 3 aromatic heterocycles. The van der Waals surface area contributed by atoms with E-state index in [9.17, 15) is 9.18 Å². The lowest BCUT2D eigenvalue weighted by molar-refractivity contribution is -0.118. The second-order valence-electron chi connectivity index (χ2n) is 9.54. The van der Waals surface area contributed by atoms with Crippen LogP contribution in [-0.2, 0) is 16.9 Å². The van der Waals surface area contributed by atoms with Gasteiger partial charge in [0, 0.05) is 29.3 Å². The third-order valence-corrected chi connectivity index (χ3v) is 8.73. The van der Waals surface area contributed by atoms with Crippen LogP contribution in [0.15, 0.2) is 52.6 Å². The minimum atomic E-state index is -1.33. The highest BCUT2D eigenvalue weighted by molar-refractivity contribution is 8.15. The number of benzene rings is 1. The fraction of sp³-hybridized carbons (Fsp3) is 0.280. The molecular weight excluding hydrogens is 530 g/mol. The maximum atomic E-state index is 15.3. The number of hydrogen-bond acceptors (Lipinski definition) is 11. The maximum absolute atomic E-state index is 15.3. The summed E-state index contributed by atoms with van der Waals surface area (Å²) in [6, 6.07) is 4.10. The molecule has 11 nitrogen and oxygen atoms in total. The summed E-state index contributed by atoms with van der Waals surface area (Å²) in [6.45, 7) is 3.57. The van der Waals surface area contributed by atoms with E-state index in [4.69, 9.17) is 20.6 Å². The Hall–Kier alpha value is -4.33. The predicted octanol–water partition coefficient (Wildman–Crippen LogP) is 3.38. The number of amides is 1. The molecule has 0 bridgehead atoms. The Kier molecular flexibility index (Phi) is 5.68. The molecule has 1 aliphatic carbocycles. The zero-order chi connectivity index (χ0) is 27.5. The molecule has 39 heavy (non-hydrogen) atoms. The van der Waals surface area contributed by atoms with Gasteiger partial charge in [0.25, 0.3) is 0 Å². The number of carbonyl (C=O) groups excluding carboxylic acids is 1. The highest BCUT2D eigenvalue weighted by atomic mass is 32.2. The van der Waals surface area contributed by atoms with Crippen LogP contribution in [0.5, 0.6) is 5.75 Å². The zero-order valence-electron chi connectivity index (χ0n) is 20.7.